The SMILES string of the molecule is C[C@H](CC=O)CCCCCOCc1ccccc1. The molecule has 1 aromatic rings. The van der Waals surface area contributed by atoms with Gasteiger partial charge in [-0.3, -0.25) is 0 Å². The highest BCUT2D eigenvalue weighted by Gasteiger charge is 2.00. The van der Waals surface area contributed by atoms with Crippen molar-refractivity contribution in [2.45, 2.75) is 45.6 Å². The summed E-state index contributed by atoms with van der Waals surface area (Å²) >= 11 is 0. The standard InChI is InChI=1S/C16H24O2/c1-15(11-12-17)8-4-3-7-13-18-14-16-9-5-2-6-10-16/h2,5-6,9-10,12,15H,3-4,7-8,11,13-14H2,1H3/t15-/m0/s1. The lowest BCUT2D eigenvalue weighted by Crippen LogP contribution is -1.98. The lowest BCUT2D eigenvalue weighted by Gasteiger charge is -2.07. The molecule has 0 saturated carbocycles. The van der Waals surface area contributed by atoms with Gasteiger partial charge in [0.25, 0.3) is 0 Å². The second kappa shape index (κ2) is 9.84. The van der Waals surface area contributed by atoms with Gasteiger partial charge < -0.3 is 9.53 Å². The molecule has 0 aliphatic rings. The molecule has 100 valence electrons. The van der Waals surface area contributed by atoms with Crippen LogP contribution in [-0.4, -0.2) is 12.9 Å². The number of carbonyl (C=O) groups excluding carboxylic acids is 1. The summed E-state index contributed by atoms with van der Waals surface area (Å²) in [5, 5.41) is 0. The minimum Gasteiger partial charge on any atom is -0.377 e. The van der Waals surface area contributed by atoms with E-state index in [1.807, 2.05) is 18.2 Å². The number of ether oxygens (including phenoxy) is 1. The molecular formula is C16H24O2. The van der Waals surface area contributed by atoms with Crippen molar-refractivity contribution in [3.63, 3.8) is 0 Å². The smallest absolute Gasteiger partial charge is 0.120 e. The maximum atomic E-state index is 10.3. The van der Waals surface area contributed by atoms with Crippen molar-refractivity contribution in [2.75, 3.05) is 6.61 Å². The summed E-state index contributed by atoms with van der Waals surface area (Å²) < 4.78 is 5.62. The molecule has 0 aliphatic heterocycles. The number of hydrogen-bond acceptors (Lipinski definition) is 2. The molecule has 0 amide bonds. The monoisotopic (exact) mass is 248 g/mol. The molecule has 0 bridgehead atoms. The Hall–Kier alpha value is -1.15. The lowest BCUT2D eigenvalue weighted by molar-refractivity contribution is -0.108. The van der Waals surface area contributed by atoms with E-state index in [4.69, 9.17) is 4.74 Å². The van der Waals surface area contributed by atoms with Crippen molar-refractivity contribution in [3.05, 3.63) is 35.9 Å². The third-order valence-electron chi connectivity index (χ3n) is 3.10. The van der Waals surface area contributed by atoms with Crippen LogP contribution < -0.4 is 0 Å². The van der Waals surface area contributed by atoms with Gasteiger partial charge >= 0.3 is 0 Å². The number of benzene rings is 1. The number of hydrogen-bond donors (Lipinski definition) is 0. The summed E-state index contributed by atoms with van der Waals surface area (Å²) in [6, 6.07) is 10.3. The Labute approximate surface area is 110 Å². The fraction of sp³-hybridized carbons (Fsp3) is 0.562. The average molecular weight is 248 g/mol. The first kappa shape index (κ1) is 14.9. The van der Waals surface area contributed by atoms with E-state index in [1.54, 1.807) is 0 Å². The Morgan fingerprint density at radius 3 is 2.67 bits per heavy atom. The minimum absolute atomic E-state index is 0.535. The van der Waals surface area contributed by atoms with Gasteiger partial charge in [-0.2, -0.15) is 0 Å². The van der Waals surface area contributed by atoms with Crippen molar-refractivity contribution in [2.24, 2.45) is 5.92 Å². The molecule has 0 aliphatic carbocycles. The minimum atomic E-state index is 0.535. The molecule has 0 saturated heterocycles. The van der Waals surface area contributed by atoms with Gasteiger partial charge in [0.1, 0.15) is 6.29 Å². The normalized spacial score (nSPS) is 12.3. The molecule has 1 aromatic carbocycles. The van der Waals surface area contributed by atoms with Crippen LogP contribution in [0.15, 0.2) is 30.3 Å². The van der Waals surface area contributed by atoms with E-state index in [0.717, 1.165) is 25.7 Å². The van der Waals surface area contributed by atoms with Gasteiger partial charge in [0.2, 0.25) is 0 Å². The zero-order chi connectivity index (χ0) is 13.1. The fourth-order valence-electron chi connectivity index (χ4n) is 1.92. The van der Waals surface area contributed by atoms with Crippen LogP contribution in [-0.2, 0) is 16.1 Å². The fourth-order valence-corrected chi connectivity index (χ4v) is 1.92. The molecule has 1 atom stereocenters. The highest BCUT2D eigenvalue weighted by Crippen LogP contribution is 2.11. The summed E-state index contributed by atoms with van der Waals surface area (Å²) in [5.74, 6) is 0.535. The first-order valence-corrected chi connectivity index (χ1v) is 6.88. The van der Waals surface area contributed by atoms with E-state index < -0.39 is 0 Å². The first-order chi connectivity index (χ1) is 8.83. The Kier molecular flexibility index (Phi) is 8.15. The quantitative estimate of drug-likeness (QED) is 0.462. The zero-order valence-corrected chi connectivity index (χ0v) is 11.3. The summed E-state index contributed by atoms with van der Waals surface area (Å²) in [6.45, 7) is 3.68. The van der Waals surface area contributed by atoms with Crippen molar-refractivity contribution in [3.8, 4) is 0 Å². The summed E-state index contributed by atoms with van der Waals surface area (Å²) in [4.78, 5) is 10.3. The van der Waals surface area contributed by atoms with Crippen molar-refractivity contribution in [1.82, 2.24) is 0 Å². The molecule has 0 heterocycles. The Bertz CT molecular complexity index is 308. The predicted molar refractivity (Wildman–Crippen MR) is 74.4 cm³/mol. The highest BCUT2D eigenvalue weighted by molar-refractivity contribution is 5.49. The van der Waals surface area contributed by atoms with Crippen LogP contribution in [0.4, 0.5) is 0 Å². The average Bonchev–Trinajstić information content (AvgIpc) is 2.39. The summed E-state index contributed by atoms with van der Waals surface area (Å²) in [6.07, 6.45) is 6.37. The third kappa shape index (κ3) is 7.23. The molecule has 2 heteroatoms. The maximum absolute atomic E-state index is 10.3. The van der Waals surface area contributed by atoms with Crippen LogP contribution in [0.2, 0.25) is 0 Å². The van der Waals surface area contributed by atoms with Crippen LogP contribution >= 0.6 is 0 Å². The Morgan fingerprint density at radius 2 is 1.94 bits per heavy atom. The molecule has 0 fully saturated rings. The number of aldehydes is 1. The molecule has 18 heavy (non-hydrogen) atoms. The van der Waals surface area contributed by atoms with Crippen LogP contribution in [0, 0.1) is 5.92 Å². The third-order valence-corrected chi connectivity index (χ3v) is 3.10. The molecule has 0 radical (unpaired) electrons. The van der Waals surface area contributed by atoms with Crippen LogP contribution in [0.3, 0.4) is 0 Å². The van der Waals surface area contributed by atoms with Crippen molar-refractivity contribution < 1.29 is 9.53 Å². The van der Waals surface area contributed by atoms with E-state index >= 15 is 0 Å². The first-order valence-electron chi connectivity index (χ1n) is 6.88. The van der Waals surface area contributed by atoms with Gasteiger partial charge in [-0.15, -0.1) is 0 Å². The second-order valence-corrected chi connectivity index (χ2v) is 4.90. The summed E-state index contributed by atoms with van der Waals surface area (Å²) in [5.41, 5.74) is 1.23. The maximum Gasteiger partial charge on any atom is 0.120 e. The van der Waals surface area contributed by atoms with E-state index in [2.05, 4.69) is 19.1 Å². The van der Waals surface area contributed by atoms with Crippen molar-refractivity contribution in [1.29, 1.82) is 0 Å². The highest BCUT2D eigenvalue weighted by atomic mass is 16.5. The molecule has 0 aromatic heterocycles. The van der Waals surface area contributed by atoms with E-state index in [-0.39, 0.29) is 0 Å². The molecule has 2 nitrogen and oxygen atoms in total. The van der Waals surface area contributed by atoms with Gasteiger partial charge in [0, 0.05) is 13.0 Å². The second-order valence-electron chi connectivity index (χ2n) is 4.90. The topological polar surface area (TPSA) is 26.3 Å². The number of rotatable bonds is 10. The van der Waals surface area contributed by atoms with E-state index in [0.29, 0.717) is 18.9 Å². The predicted octanol–water partition coefficient (Wildman–Crippen LogP) is 3.99. The van der Waals surface area contributed by atoms with Gasteiger partial charge in [-0.25, -0.2) is 0 Å². The zero-order valence-electron chi connectivity index (χ0n) is 11.3. The number of unbranched alkanes of at least 4 members (excludes halogenated alkanes) is 2. The molecule has 0 spiro atoms. The van der Waals surface area contributed by atoms with Gasteiger partial charge in [-0.1, -0.05) is 56.5 Å². The Balaban J connectivity index is 1.91. The van der Waals surface area contributed by atoms with E-state index in [9.17, 15) is 4.79 Å². The van der Waals surface area contributed by atoms with Gasteiger partial charge in [0.05, 0.1) is 6.61 Å². The largest absolute Gasteiger partial charge is 0.377 e. The summed E-state index contributed by atoms with van der Waals surface area (Å²) in [7, 11) is 0. The number of carbonyl (C=O) groups is 1. The Morgan fingerprint density at radius 1 is 1.17 bits per heavy atom. The van der Waals surface area contributed by atoms with Crippen LogP contribution in [0.5, 0.6) is 0 Å². The molecule has 0 unspecified atom stereocenters. The van der Waals surface area contributed by atoms with Crippen molar-refractivity contribution >= 4 is 6.29 Å². The van der Waals surface area contributed by atoms with Gasteiger partial charge in [0.15, 0.2) is 0 Å². The van der Waals surface area contributed by atoms with Crippen LogP contribution in [0.1, 0.15) is 44.6 Å². The van der Waals surface area contributed by atoms with Crippen LogP contribution in [0.25, 0.3) is 0 Å². The molecular weight excluding hydrogens is 224 g/mol. The molecule has 0 N–H and O–H groups in total. The van der Waals surface area contributed by atoms with E-state index in [1.165, 1.54) is 18.4 Å². The molecule has 1 rings (SSSR count). The van der Waals surface area contributed by atoms with Gasteiger partial charge in [-0.05, 0) is 17.9 Å². The lowest BCUT2D eigenvalue weighted by atomic mass is 10.0.